The molecule has 0 spiro atoms. The Bertz CT molecular complexity index is 1220. The summed E-state index contributed by atoms with van der Waals surface area (Å²) < 4.78 is 13.6. The molecule has 2 N–H and O–H groups in total. The molecule has 38 heavy (non-hydrogen) atoms. The van der Waals surface area contributed by atoms with Crippen molar-refractivity contribution in [2.75, 3.05) is 30.3 Å². The number of anilines is 3. The summed E-state index contributed by atoms with van der Waals surface area (Å²) in [7, 11) is -1.17. The second kappa shape index (κ2) is 11.7. The Balaban J connectivity index is 1.55. The molecule has 4 rings (SSSR count). The fourth-order valence-electron chi connectivity index (χ4n) is 4.22. The number of carbonyl (C=O) groups is 1. The highest BCUT2D eigenvalue weighted by atomic mass is 28.3. The smallest absolute Gasteiger partial charge is 0.410 e. The normalized spacial score (nSPS) is 16.5. The molecule has 0 saturated carbocycles. The van der Waals surface area contributed by atoms with E-state index in [1.165, 1.54) is 0 Å². The van der Waals surface area contributed by atoms with Gasteiger partial charge in [-0.1, -0.05) is 19.6 Å². The number of carbonyl (C=O) groups excluding carboxylic acids is 1. The SMILES string of the molecule is CC(C)(C)OC(=O)N1CCCC(Nc2nc(Nc3cccnc3)nc3c2ccn3COCC[Si](C)(C)C)C1. The molecular formula is C27H41N7O3Si. The minimum absolute atomic E-state index is 0.0388. The second-order valence-electron chi connectivity index (χ2n) is 12.0. The molecule has 3 aromatic rings. The Hall–Kier alpha value is -3.18. The number of aromatic nitrogens is 4. The standard InChI is InChI=1S/C27H41N7O3Si/c1-27(2,3)37-26(35)33-13-8-10-21(18-33)29-23-22-11-14-34(19-36-15-16-38(4,5)6)24(22)32-25(31-23)30-20-9-7-12-28-17-20/h7,9,11-12,14,17,21H,8,10,13,15-16,18-19H2,1-6H3,(H2,29,30,31,32). The first-order chi connectivity index (χ1) is 18.0. The molecule has 10 nitrogen and oxygen atoms in total. The lowest BCUT2D eigenvalue weighted by molar-refractivity contribution is 0.0206. The number of pyridine rings is 1. The number of hydrogen-bond donors (Lipinski definition) is 2. The van der Waals surface area contributed by atoms with E-state index >= 15 is 0 Å². The zero-order valence-corrected chi connectivity index (χ0v) is 24.5. The summed E-state index contributed by atoms with van der Waals surface area (Å²) in [6.07, 6.45) is 6.98. The number of likely N-dealkylation sites (tertiary alicyclic amines) is 1. The van der Waals surface area contributed by atoms with Crippen LogP contribution in [0.1, 0.15) is 33.6 Å². The number of hydrogen-bond acceptors (Lipinski definition) is 8. The van der Waals surface area contributed by atoms with Gasteiger partial charge in [0.05, 0.1) is 17.3 Å². The highest BCUT2D eigenvalue weighted by Gasteiger charge is 2.28. The van der Waals surface area contributed by atoms with Crippen molar-refractivity contribution in [2.24, 2.45) is 0 Å². The quantitative estimate of drug-likeness (QED) is 0.264. The maximum Gasteiger partial charge on any atom is 0.410 e. The van der Waals surface area contributed by atoms with E-state index in [0.717, 1.165) is 48.0 Å². The Labute approximate surface area is 226 Å². The molecule has 1 aliphatic heterocycles. The van der Waals surface area contributed by atoms with E-state index in [1.807, 2.05) is 49.7 Å². The first-order valence-electron chi connectivity index (χ1n) is 13.3. The zero-order valence-electron chi connectivity index (χ0n) is 23.5. The number of piperidine rings is 1. The molecule has 206 valence electrons. The van der Waals surface area contributed by atoms with Gasteiger partial charge >= 0.3 is 6.09 Å². The van der Waals surface area contributed by atoms with Gasteiger partial charge in [0.2, 0.25) is 5.95 Å². The van der Waals surface area contributed by atoms with Gasteiger partial charge in [0.25, 0.3) is 0 Å². The van der Waals surface area contributed by atoms with Gasteiger partial charge in [-0.05, 0) is 57.9 Å². The molecule has 0 aliphatic carbocycles. The monoisotopic (exact) mass is 539 g/mol. The fourth-order valence-corrected chi connectivity index (χ4v) is 4.98. The third kappa shape index (κ3) is 7.91. The minimum atomic E-state index is -1.17. The summed E-state index contributed by atoms with van der Waals surface area (Å²) in [5.41, 5.74) is 1.06. The molecule has 1 atom stereocenters. The number of ether oxygens (including phenoxy) is 2. The third-order valence-electron chi connectivity index (χ3n) is 6.18. The Morgan fingerprint density at radius 3 is 2.74 bits per heavy atom. The van der Waals surface area contributed by atoms with Crippen molar-refractivity contribution in [3.05, 3.63) is 36.8 Å². The van der Waals surface area contributed by atoms with E-state index < -0.39 is 13.7 Å². The zero-order chi connectivity index (χ0) is 27.3. The molecule has 0 bridgehead atoms. The summed E-state index contributed by atoms with van der Waals surface area (Å²) in [5.74, 6) is 1.19. The average Bonchev–Trinajstić information content (AvgIpc) is 3.24. The van der Waals surface area contributed by atoms with Crippen molar-refractivity contribution in [2.45, 2.75) is 77.7 Å². The predicted octanol–water partition coefficient (Wildman–Crippen LogP) is 5.69. The van der Waals surface area contributed by atoms with Crippen LogP contribution in [0.25, 0.3) is 11.0 Å². The Kier molecular flexibility index (Phi) is 8.56. The van der Waals surface area contributed by atoms with E-state index in [9.17, 15) is 4.79 Å². The van der Waals surface area contributed by atoms with Crippen LogP contribution >= 0.6 is 0 Å². The number of nitrogens with zero attached hydrogens (tertiary/aromatic N) is 5. The van der Waals surface area contributed by atoms with Crippen LogP contribution < -0.4 is 10.6 Å². The maximum atomic E-state index is 12.7. The lowest BCUT2D eigenvalue weighted by atomic mass is 10.1. The van der Waals surface area contributed by atoms with Crippen molar-refractivity contribution in [3.63, 3.8) is 0 Å². The van der Waals surface area contributed by atoms with Gasteiger partial charge < -0.3 is 29.6 Å². The summed E-state index contributed by atoms with van der Waals surface area (Å²) in [6.45, 7) is 15.1. The number of rotatable bonds is 9. The molecule has 0 radical (unpaired) electrons. The molecule has 1 aliphatic rings. The van der Waals surface area contributed by atoms with Gasteiger partial charge in [-0.3, -0.25) is 4.98 Å². The number of nitrogens with one attached hydrogen (secondary N) is 2. The summed E-state index contributed by atoms with van der Waals surface area (Å²) in [4.78, 5) is 28.3. The lowest BCUT2D eigenvalue weighted by Gasteiger charge is -2.34. The van der Waals surface area contributed by atoms with Crippen molar-refractivity contribution in [1.82, 2.24) is 24.4 Å². The van der Waals surface area contributed by atoms with Gasteiger partial charge in [-0.2, -0.15) is 9.97 Å². The topological polar surface area (TPSA) is 106 Å². The highest BCUT2D eigenvalue weighted by Crippen LogP contribution is 2.27. The Morgan fingerprint density at radius 1 is 1.21 bits per heavy atom. The van der Waals surface area contributed by atoms with E-state index in [1.54, 1.807) is 17.3 Å². The van der Waals surface area contributed by atoms with E-state index in [4.69, 9.17) is 19.4 Å². The third-order valence-corrected chi connectivity index (χ3v) is 7.88. The van der Waals surface area contributed by atoms with Crippen LogP contribution in [-0.2, 0) is 16.2 Å². The van der Waals surface area contributed by atoms with Gasteiger partial charge in [-0.25, -0.2) is 4.79 Å². The first kappa shape index (κ1) is 27.8. The molecular weight excluding hydrogens is 498 g/mol. The average molecular weight is 540 g/mol. The number of fused-ring (bicyclic) bond motifs is 1. The van der Waals surface area contributed by atoms with Crippen LogP contribution in [0.15, 0.2) is 36.8 Å². The maximum absolute atomic E-state index is 12.7. The molecule has 1 saturated heterocycles. The van der Waals surface area contributed by atoms with E-state index in [-0.39, 0.29) is 12.1 Å². The number of amides is 1. The molecule has 4 heterocycles. The van der Waals surface area contributed by atoms with E-state index in [2.05, 4.69) is 35.3 Å². The molecule has 1 fully saturated rings. The lowest BCUT2D eigenvalue weighted by Crippen LogP contribution is -2.47. The van der Waals surface area contributed by atoms with Crippen molar-refractivity contribution in [3.8, 4) is 0 Å². The van der Waals surface area contributed by atoms with Crippen LogP contribution in [-0.4, -0.2) is 69.9 Å². The van der Waals surface area contributed by atoms with Crippen LogP contribution in [0, 0.1) is 0 Å². The summed E-state index contributed by atoms with van der Waals surface area (Å²) >= 11 is 0. The van der Waals surface area contributed by atoms with Crippen LogP contribution in [0.2, 0.25) is 25.7 Å². The van der Waals surface area contributed by atoms with Crippen molar-refractivity contribution >= 4 is 42.7 Å². The first-order valence-corrected chi connectivity index (χ1v) is 17.0. The molecule has 11 heteroatoms. The minimum Gasteiger partial charge on any atom is -0.444 e. The van der Waals surface area contributed by atoms with Gasteiger partial charge in [0.1, 0.15) is 23.8 Å². The van der Waals surface area contributed by atoms with Crippen molar-refractivity contribution < 1.29 is 14.3 Å². The largest absolute Gasteiger partial charge is 0.444 e. The van der Waals surface area contributed by atoms with Gasteiger partial charge in [0, 0.05) is 46.2 Å². The van der Waals surface area contributed by atoms with E-state index in [0.29, 0.717) is 25.8 Å². The molecule has 1 unspecified atom stereocenters. The van der Waals surface area contributed by atoms with Gasteiger partial charge in [0.15, 0.2) is 0 Å². The highest BCUT2D eigenvalue weighted by molar-refractivity contribution is 6.76. The summed E-state index contributed by atoms with van der Waals surface area (Å²) in [5, 5.41) is 7.77. The van der Waals surface area contributed by atoms with Crippen LogP contribution in [0.3, 0.4) is 0 Å². The molecule has 1 amide bonds. The van der Waals surface area contributed by atoms with Crippen LogP contribution in [0.4, 0.5) is 22.2 Å². The second-order valence-corrected chi connectivity index (χ2v) is 17.7. The molecule has 3 aromatic heterocycles. The molecule has 0 aromatic carbocycles. The van der Waals surface area contributed by atoms with Gasteiger partial charge in [-0.15, -0.1) is 0 Å². The fraction of sp³-hybridized carbons (Fsp3) is 0.556. The van der Waals surface area contributed by atoms with Crippen molar-refractivity contribution in [1.29, 1.82) is 0 Å². The Morgan fingerprint density at radius 2 is 2.03 bits per heavy atom. The van der Waals surface area contributed by atoms with Crippen LogP contribution in [0.5, 0.6) is 0 Å². The predicted molar refractivity (Wildman–Crippen MR) is 154 cm³/mol. The summed E-state index contributed by atoms with van der Waals surface area (Å²) in [6, 6.07) is 6.95.